The summed E-state index contributed by atoms with van der Waals surface area (Å²) in [6.45, 7) is 5.21. The van der Waals surface area contributed by atoms with Crippen LogP contribution in [0.2, 0.25) is 0 Å². The van der Waals surface area contributed by atoms with E-state index < -0.39 is 11.9 Å². The Morgan fingerprint density at radius 1 is 1.38 bits per heavy atom. The first-order chi connectivity index (χ1) is 5.93. The third-order valence-corrected chi connectivity index (χ3v) is 2.39. The number of hydrogen-bond acceptors (Lipinski definition) is 4. The SMILES string of the molecule is CC(=O)OC(=O)CC[C@H](C)[C@H](C)S. The molecule has 0 aliphatic heterocycles. The summed E-state index contributed by atoms with van der Waals surface area (Å²) in [5, 5.41) is 0.255. The summed E-state index contributed by atoms with van der Waals surface area (Å²) in [7, 11) is 0. The summed E-state index contributed by atoms with van der Waals surface area (Å²) < 4.78 is 4.38. The summed E-state index contributed by atoms with van der Waals surface area (Å²) in [5.74, 6) is -0.646. The average Bonchev–Trinajstić information content (AvgIpc) is 1.98. The number of ether oxygens (including phenoxy) is 1. The lowest BCUT2D eigenvalue weighted by atomic mass is 10.0. The van der Waals surface area contributed by atoms with E-state index in [1.54, 1.807) is 0 Å². The van der Waals surface area contributed by atoms with Crippen molar-refractivity contribution in [1.82, 2.24) is 0 Å². The van der Waals surface area contributed by atoms with Gasteiger partial charge in [0.1, 0.15) is 0 Å². The van der Waals surface area contributed by atoms with Gasteiger partial charge in [-0.15, -0.1) is 0 Å². The molecule has 13 heavy (non-hydrogen) atoms. The zero-order valence-corrected chi connectivity index (χ0v) is 9.14. The predicted octanol–water partition coefficient (Wildman–Crippen LogP) is 1.81. The Labute approximate surface area is 84.3 Å². The fourth-order valence-electron chi connectivity index (χ4n) is 0.798. The molecular weight excluding hydrogens is 188 g/mol. The summed E-state index contributed by atoms with van der Waals surface area (Å²) in [4.78, 5) is 21.3. The van der Waals surface area contributed by atoms with Crippen LogP contribution in [0, 0.1) is 5.92 Å². The Balaban J connectivity index is 3.64. The van der Waals surface area contributed by atoms with E-state index in [2.05, 4.69) is 17.4 Å². The smallest absolute Gasteiger partial charge is 0.313 e. The van der Waals surface area contributed by atoms with Gasteiger partial charge in [0.25, 0.3) is 0 Å². The van der Waals surface area contributed by atoms with Gasteiger partial charge in [0.05, 0.1) is 0 Å². The molecule has 0 aromatic heterocycles. The van der Waals surface area contributed by atoms with Crippen LogP contribution >= 0.6 is 12.6 Å². The highest BCUT2D eigenvalue weighted by molar-refractivity contribution is 7.80. The topological polar surface area (TPSA) is 43.4 Å². The molecule has 2 atom stereocenters. The second-order valence-corrected chi connectivity index (χ2v) is 4.04. The molecule has 0 aromatic rings. The molecule has 0 aliphatic carbocycles. The van der Waals surface area contributed by atoms with E-state index in [1.807, 2.05) is 13.8 Å². The minimum absolute atomic E-state index is 0.255. The highest BCUT2D eigenvalue weighted by Crippen LogP contribution is 2.15. The van der Waals surface area contributed by atoms with Gasteiger partial charge < -0.3 is 4.74 Å². The number of carbonyl (C=O) groups is 2. The van der Waals surface area contributed by atoms with Gasteiger partial charge in [-0.05, 0) is 12.3 Å². The molecule has 0 aromatic carbocycles. The van der Waals surface area contributed by atoms with Crippen LogP contribution in [0.15, 0.2) is 0 Å². The van der Waals surface area contributed by atoms with E-state index in [0.717, 1.165) is 0 Å². The van der Waals surface area contributed by atoms with Gasteiger partial charge >= 0.3 is 11.9 Å². The molecule has 0 aliphatic rings. The maximum Gasteiger partial charge on any atom is 0.313 e. The lowest BCUT2D eigenvalue weighted by Crippen LogP contribution is -2.13. The Kier molecular flexibility index (Phi) is 5.79. The molecule has 0 saturated carbocycles. The molecule has 0 amide bonds. The van der Waals surface area contributed by atoms with Crippen LogP contribution in [0.4, 0.5) is 0 Å². The molecule has 0 N–H and O–H groups in total. The van der Waals surface area contributed by atoms with Crippen molar-refractivity contribution >= 4 is 24.6 Å². The third kappa shape index (κ3) is 6.63. The minimum atomic E-state index is -0.545. The zero-order valence-electron chi connectivity index (χ0n) is 8.24. The van der Waals surface area contributed by atoms with Crippen molar-refractivity contribution in [2.45, 2.75) is 38.9 Å². The van der Waals surface area contributed by atoms with E-state index >= 15 is 0 Å². The molecule has 4 heteroatoms. The van der Waals surface area contributed by atoms with Crippen LogP contribution < -0.4 is 0 Å². The number of carbonyl (C=O) groups excluding carboxylic acids is 2. The first-order valence-corrected chi connectivity index (χ1v) is 4.84. The lowest BCUT2D eigenvalue weighted by Gasteiger charge is -2.13. The second-order valence-electron chi connectivity index (χ2n) is 3.22. The number of rotatable bonds is 4. The van der Waals surface area contributed by atoms with E-state index in [0.29, 0.717) is 12.3 Å². The maximum atomic E-state index is 10.9. The fourth-order valence-corrected chi connectivity index (χ4v) is 0.947. The van der Waals surface area contributed by atoms with Crippen molar-refractivity contribution in [3.8, 4) is 0 Å². The van der Waals surface area contributed by atoms with Gasteiger partial charge in [-0.3, -0.25) is 9.59 Å². The van der Waals surface area contributed by atoms with Gasteiger partial charge in [0.2, 0.25) is 0 Å². The largest absolute Gasteiger partial charge is 0.393 e. The normalized spacial score (nSPS) is 14.8. The van der Waals surface area contributed by atoms with Crippen LogP contribution in [0.5, 0.6) is 0 Å². The highest BCUT2D eigenvalue weighted by atomic mass is 32.1. The molecule has 0 spiro atoms. The molecule has 76 valence electrons. The van der Waals surface area contributed by atoms with E-state index in [9.17, 15) is 9.59 Å². The first kappa shape index (κ1) is 12.5. The molecule has 0 unspecified atom stereocenters. The molecule has 0 bridgehead atoms. The van der Waals surface area contributed by atoms with Crippen molar-refractivity contribution in [2.75, 3.05) is 0 Å². The Bertz CT molecular complexity index is 189. The second kappa shape index (κ2) is 6.02. The third-order valence-electron chi connectivity index (χ3n) is 1.88. The first-order valence-electron chi connectivity index (χ1n) is 4.32. The summed E-state index contributed by atoms with van der Waals surface area (Å²) in [5.41, 5.74) is 0. The van der Waals surface area contributed by atoms with Crippen molar-refractivity contribution < 1.29 is 14.3 Å². The standard InChI is InChI=1S/C9H16O3S/c1-6(7(2)13)4-5-9(11)12-8(3)10/h6-7,13H,4-5H2,1-3H3/t6-,7-/m0/s1. The average molecular weight is 204 g/mol. The summed E-state index contributed by atoms with van der Waals surface area (Å²) >= 11 is 4.25. The molecule has 0 fully saturated rings. The van der Waals surface area contributed by atoms with Crippen molar-refractivity contribution in [3.63, 3.8) is 0 Å². The number of esters is 2. The van der Waals surface area contributed by atoms with E-state index in [1.165, 1.54) is 6.92 Å². The summed E-state index contributed by atoms with van der Waals surface area (Å²) in [6.07, 6.45) is 0.989. The van der Waals surface area contributed by atoms with Gasteiger partial charge in [-0.1, -0.05) is 13.8 Å². The molecule has 0 saturated heterocycles. The van der Waals surface area contributed by atoms with Crippen LogP contribution in [0.1, 0.15) is 33.6 Å². The monoisotopic (exact) mass is 204 g/mol. The van der Waals surface area contributed by atoms with Crippen LogP contribution in [-0.2, 0) is 14.3 Å². The Morgan fingerprint density at radius 2 is 1.92 bits per heavy atom. The van der Waals surface area contributed by atoms with Gasteiger partial charge in [-0.2, -0.15) is 12.6 Å². The highest BCUT2D eigenvalue weighted by Gasteiger charge is 2.12. The predicted molar refractivity (Wildman–Crippen MR) is 53.6 cm³/mol. The van der Waals surface area contributed by atoms with E-state index in [-0.39, 0.29) is 11.7 Å². The van der Waals surface area contributed by atoms with Gasteiger partial charge in [0, 0.05) is 18.6 Å². The van der Waals surface area contributed by atoms with Gasteiger partial charge in [0.15, 0.2) is 0 Å². The summed E-state index contributed by atoms with van der Waals surface area (Å²) in [6, 6.07) is 0. The molecule has 0 radical (unpaired) electrons. The Hall–Kier alpha value is -0.510. The van der Waals surface area contributed by atoms with Gasteiger partial charge in [-0.25, -0.2) is 0 Å². The maximum absolute atomic E-state index is 10.9. The van der Waals surface area contributed by atoms with Crippen LogP contribution in [0.25, 0.3) is 0 Å². The quantitative estimate of drug-likeness (QED) is 0.431. The minimum Gasteiger partial charge on any atom is -0.393 e. The fraction of sp³-hybridized carbons (Fsp3) is 0.778. The molecule has 0 heterocycles. The van der Waals surface area contributed by atoms with Crippen molar-refractivity contribution in [1.29, 1.82) is 0 Å². The van der Waals surface area contributed by atoms with Crippen LogP contribution in [-0.4, -0.2) is 17.2 Å². The number of thiol groups is 1. The van der Waals surface area contributed by atoms with Crippen molar-refractivity contribution in [3.05, 3.63) is 0 Å². The molecule has 3 nitrogen and oxygen atoms in total. The molecule has 0 rings (SSSR count). The molecular formula is C9H16O3S. The van der Waals surface area contributed by atoms with Crippen LogP contribution in [0.3, 0.4) is 0 Å². The Morgan fingerprint density at radius 3 is 2.31 bits per heavy atom. The van der Waals surface area contributed by atoms with E-state index in [4.69, 9.17) is 0 Å². The lowest BCUT2D eigenvalue weighted by molar-refractivity contribution is -0.158. The zero-order chi connectivity index (χ0) is 10.4. The number of hydrogen-bond donors (Lipinski definition) is 1. The van der Waals surface area contributed by atoms with Crippen molar-refractivity contribution in [2.24, 2.45) is 5.92 Å².